The Morgan fingerprint density at radius 3 is 1.56 bits per heavy atom. The van der Waals surface area contributed by atoms with Crippen LogP contribution in [-0.4, -0.2) is 15.0 Å². The Bertz CT molecular complexity index is 3310. The van der Waals surface area contributed by atoms with Gasteiger partial charge in [-0.1, -0.05) is 182 Å². The van der Waals surface area contributed by atoms with Gasteiger partial charge in [0.05, 0.1) is 0 Å². The molecule has 11 rings (SSSR count). The molecule has 0 bridgehead atoms. The lowest BCUT2D eigenvalue weighted by Crippen LogP contribution is -2.01. The number of nitrogens with zero attached hydrogens (tertiary/aromatic N) is 3. The van der Waals surface area contributed by atoms with Gasteiger partial charge in [0.2, 0.25) is 0 Å². The second-order valence-electron chi connectivity index (χ2n) is 14.8. The maximum Gasteiger partial charge on any atom is 0.164 e. The van der Waals surface area contributed by atoms with Gasteiger partial charge in [0, 0.05) is 27.5 Å². The monoisotopic (exact) mass is 753 g/mol. The summed E-state index contributed by atoms with van der Waals surface area (Å²) in [6.07, 6.45) is 0. The summed E-state index contributed by atoms with van der Waals surface area (Å²) in [5.41, 5.74) is 13.2. The number of benzene rings is 9. The van der Waals surface area contributed by atoms with E-state index in [-0.39, 0.29) is 0 Å². The van der Waals surface area contributed by atoms with Gasteiger partial charge in [0.15, 0.2) is 17.5 Å². The molecule has 0 atom stereocenters. The van der Waals surface area contributed by atoms with Gasteiger partial charge in [0.1, 0.15) is 11.2 Å². The Labute approximate surface area is 341 Å². The number of hydrogen-bond acceptors (Lipinski definition) is 4. The van der Waals surface area contributed by atoms with E-state index in [0.717, 1.165) is 83.1 Å². The molecule has 4 heteroatoms. The lowest BCUT2D eigenvalue weighted by Gasteiger charge is -2.15. The summed E-state index contributed by atoms with van der Waals surface area (Å²) in [6.45, 7) is 0. The normalized spacial score (nSPS) is 11.4. The van der Waals surface area contributed by atoms with Crippen LogP contribution < -0.4 is 0 Å². The zero-order chi connectivity index (χ0) is 39.1. The summed E-state index contributed by atoms with van der Waals surface area (Å²) in [4.78, 5) is 15.9. The molecule has 0 saturated heterocycles. The average molecular weight is 754 g/mol. The molecular weight excluding hydrogens is 719 g/mol. The molecule has 2 heterocycles. The van der Waals surface area contributed by atoms with Crippen molar-refractivity contribution >= 4 is 32.7 Å². The fraction of sp³-hybridized carbons (Fsp3) is 0. The molecule has 276 valence electrons. The highest BCUT2D eigenvalue weighted by Crippen LogP contribution is 2.41. The predicted molar refractivity (Wildman–Crippen MR) is 243 cm³/mol. The molecule has 9 aromatic carbocycles. The fourth-order valence-electron chi connectivity index (χ4n) is 8.30. The van der Waals surface area contributed by atoms with Crippen molar-refractivity contribution in [3.63, 3.8) is 0 Å². The number of fused-ring (bicyclic) bond motifs is 4. The van der Waals surface area contributed by atoms with Crippen LogP contribution in [0, 0.1) is 0 Å². The van der Waals surface area contributed by atoms with E-state index in [4.69, 9.17) is 19.4 Å². The Kier molecular flexibility index (Phi) is 8.45. The highest BCUT2D eigenvalue weighted by Gasteiger charge is 2.19. The highest BCUT2D eigenvalue weighted by molar-refractivity contribution is 6.13. The van der Waals surface area contributed by atoms with Gasteiger partial charge in [-0.25, -0.2) is 15.0 Å². The minimum Gasteiger partial charge on any atom is -0.456 e. The first-order valence-corrected chi connectivity index (χ1v) is 19.8. The summed E-state index contributed by atoms with van der Waals surface area (Å²) < 4.78 is 6.38. The Morgan fingerprint density at radius 2 is 0.763 bits per heavy atom. The second-order valence-corrected chi connectivity index (χ2v) is 14.8. The van der Waals surface area contributed by atoms with Gasteiger partial charge in [-0.3, -0.25) is 0 Å². The van der Waals surface area contributed by atoms with Gasteiger partial charge < -0.3 is 4.42 Å². The van der Waals surface area contributed by atoms with E-state index in [1.54, 1.807) is 0 Å². The van der Waals surface area contributed by atoms with Crippen LogP contribution in [0.4, 0.5) is 0 Å². The van der Waals surface area contributed by atoms with E-state index in [9.17, 15) is 0 Å². The first-order chi connectivity index (χ1) is 29.2. The molecule has 0 radical (unpaired) electrons. The van der Waals surface area contributed by atoms with Crippen molar-refractivity contribution in [1.82, 2.24) is 15.0 Å². The minimum atomic E-state index is 0.590. The number of furan rings is 1. The maximum absolute atomic E-state index is 6.38. The lowest BCUT2D eigenvalue weighted by molar-refractivity contribution is 0.669. The van der Waals surface area contributed by atoms with Crippen LogP contribution in [0.25, 0.3) is 111 Å². The molecule has 0 aliphatic carbocycles. The summed E-state index contributed by atoms with van der Waals surface area (Å²) in [5, 5.41) is 4.52. The summed E-state index contributed by atoms with van der Waals surface area (Å²) in [7, 11) is 0. The fourth-order valence-corrected chi connectivity index (χ4v) is 8.30. The molecule has 0 aliphatic rings. The van der Waals surface area contributed by atoms with E-state index >= 15 is 0 Å². The van der Waals surface area contributed by atoms with Crippen LogP contribution in [0.3, 0.4) is 0 Å². The third kappa shape index (κ3) is 6.34. The summed E-state index contributed by atoms with van der Waals surface area (Å²) >= 11 is 0. The van der Waals surface area contributed by atoms with Crippen molar-refractivity contribution in [3.05, 3.63) is 212 Å². The van der Waals surface area contributed by atoms with Gasteiger partial charge in [-0.2, -0.15) is 0 Å². The third-order valence-electron chi connectivity index (χ3n) is 11.1. The third-order valence-corrected chi connectivity index (χ3v) is 11.1. The standard InChI is InChI=1S/C55H35N3O/c1-3-15-36(16-4-1)37-29-31-40(32-30-37)53-56-54(58-55(57-53)48-23-10-9-22-45(48)38-17-5-2-6-18-38)43-34-41(46-25-13-20-39-19-7-8-21-44(39)46)33-42(35-43)47-26-14-28-51-52(47)49-24-11-12-27-50(49)59-51/h1-35H. The quantitative estimate of drug-likeness (QED) is 0.163. The molecule has 59 heavy (non-hydrogen) atoms. The molecule has 0 unspecified atom stereocenters. The largest absolute Gasteiger partial charge is 0.456 e. The molecule has 11 aromatic rings. The second kappa shape index (κ2) is 14.5. The Morgan fingerprint density at radius 1 is 0.271 bits per heavy atom. The van der Waals surface area contributed by atoms with Crippen molar-refractivity contribution in [2.45, 2.75) is 0 Å². The van der Waals surface area contributed by atoms with Gasteiger partial charge in [-0.15, -0.1) is 0 Å². The van der Waals surface area contributed by atoms with Crippen molar-refractivity contribution in [2.75, 3.05) is 0 Å². The summed E-state index contributed by atoms with van der Waals surface area (Å²) in [6, 6.07) is 74.0. The Hall–Kier alpha value is -7.95. The first kappa shape index (κ1) is 34.3. The average Bonchev–Trinajstić information content (AvgIpc) is 3.71. The van der Waals surface area contributed by atoms with E-state index in [1.165, 1.54) is 10.8 Å². The van der Waals surface area contributed by atoms with E-state index in [0.29, 0.717) is 17.5 Å². The van der Waals surface area contributed by atoms with Crippen LogP contribution >= 0.6 is 0 Å². The molecule has 0 saturated carbocycles. The zero-order valence-corrected chi connectivity index (χ0v) is 32.0. The highest BCUT2D eigenvalue weighted by atomic mass is 16.3. The van der Waals surface area contributed by atoms with Gasteiger partial charge >= 0.3 is 0 Å². The van der Waals surface area contributed by atoms with Gasteiger partial charge in [0.25, 0.3) is 0 Å². The smallest absolute Gasteiger partial charge is 0.164 e. The van der Waals surface area contributed by atoms with Crippen molar-refractivity contribution < 1.29 is 4.42 Å². The van der Waals surface area contributed by atoms with E-state index in [2.05, 4.69) is 182 Å². The predicted octanol–water partition coefficient (Wildman–Crippen LogP) is 14.6. The molecule has 0 amide bonds. The number of hydrogen-bond donors (Lipinski definition) is 0. The van der Waals surface area contributed by atoms with Crippen LogP contribution in [-0.2, 0) is 0 Å². The van der Waals surface area contributed by atoms with Crippen LogP contribution in [0.2, 0.25) is 0 Å². The van der Waals surface area contributed by atoms with Crippen molar-refractivity contribution in [2.24, 2.45) is 0 Å². The van der Waals surface area contributed by atoms with Crippen molar-refractivity contribution in [3.8, 4) is 78.7 Å². The minimum absolute atomic E-state index is 0.590. The van der Waals surface area contributed by atoms with Crippen LogP contribution in [0.5, 0.6) is 0 Å². The maximum atomic E-state index is 6.38. The number of aromatic nitrogens is 3. The molecule has 0 N–H and O–H groups in total. The lowest BCUT2D eigenvalue weighted by atomic mass is 9.91. The number of rotatable bonds is 7. The Balaban J connectivity index is 1.17. The molecule has 0 spiro atoms. The number of para-hydroxylation sites is 1. The molecular formula is C55H35N3O. The zero-order valence-electron chi connectivity index (χ0n) is 32.0. The van der Waals surface area contributed by atoms with Gasteiger partial charge in [-0.05, 0) is 85.6 Å². The summed E-state index contributed by atoms with van der Waals surface area (Å²) in [5.74, 6) is 1.80. The first-order valence-electron chi connectivity index (χ1n) is 19.8. The van der Waals surface area contributed by atoms with Crippen molar-refractivity contribution in [1.29, 1.82) is 0 Å². The molecule has 0 aliphatic heterocycles. The van der Waals surface area contributed by atoms with E-state index in [1.807, 2.05) is 30.3 Å². The molecule has 4 nitrogen and oxygen atoms in total. The SMILES string of the molecule is c1ccc(-c2ccc(-c3nc(-c4cc(-c5cccc6ccccc56)cc(-c5cccc6oc7ccccc7c56)c4)nc(-c4ccccc4-c4ccccc4)n3)cc2)cc1. The topological polar surface area (TPSA) is 51.8 Å². The molecule has 2 aromatic heterocycles. The van der Waals surface area contributed by atoms with Crippen LogP contribution in [0.1, 0.15) is 0 Å². The molecule has 0 fully saturated rings. The van der Waals surface area contributed by atoms with E-state index < -0.39 is 0 Å². The van der Waals surface area contributed by atoms with Crippen LogP contribution in [0.15, 0.2) is 217 Å².